The van der Waals surface area contributed by atoms with Crippen LogP contribution in [-0.2, 0) is 19.2 Å². The number of thiazole rings is 1. The average molecular weight is 496 g/mol. The number of hydrogen-bond acceptors (Lipinski definition) is 7. The number of carbonyl (C=O) groups is 4. The van der Waals surface area contributed by atoms with Crippen molar-refractivity contribution in [1.29, 1.82) is 0 Å². The van der Waals surface area contributed by atoms with Crippen molar-refractivity contribution < 1.29 is 19.2 Å². The van der Waals surface area contributed by atoms with E-state index in [4.69, 9.17) is 0 Å². The fraction of sp³-hybridized carbons (Fsp3) is 0.176. The number of amides is 4. The molecule has 0 aliphatic carbocycles. The van der Waals surface area contributed by atoms with Gasteiger partial charge >= 0.3 is 0 Å². The summed E-state index contributed by atoms with van der Waals surface area (Å²) in [6, 6.07) is 6.28. The second-order valence-electron chi connectivity index (χ2n) is 5.76. The van der Waals surface area contributed by atoms with Crippen LogP contribution in [0.5, 0.6) is 0 Å². The fourth-order valence-electron chi connectivity index (χ4n) is 2.25. The number of thioether (sulfide) groups is 1. The molecule has 0 saturated carbocycles. The van der Waals surface area contributed by atoms with Crippen molar-refractivity contribution in [3.63, 3.8) is 0 Å². The lowest BCUT2D eigenvalue weighted by Gasteiger charge is -2.19. The summed E-state index contributed by atoms with van der Waals surface area (Å²) in [7, 11) is 0. The first-order chi connectivity index (χ1) is 13.8. The molecule has 1 aromatic carbocycles. The van der Waals surface area contributed by atoms with Gasteiger partial charge in [-0.2, -0.15) is 4.99 Å². The Balaban J connectivity index is 1.54. The fourth-order valence-corrected chi connectivity index (χ4v) is 3.92. The van der Waals surface area contributed by atoms with E-state index in [0.29, 0.717) is 5.13 Å². The summed E-state index contributed by atoms with van der Waals surface area (Å²) in [6.45, 7) is 1.19. The predicted molar refractivity (Wildman–Crippen MR) is 115 cm³/mol. The molecule has 9 nitrogen and oxygen atoms in total. The van der Waals surface area contributed by atoms with Crippen LogP contribution >= 0.6 is 39.0 Å². The molecule has 3 N–H and O–H groups in total. The normalized spacial score (nSPS) is 16.1. The van der Waals surface area contributed by atoms with Gasteiger partial charge in [-0.25, -0.2) is 4.98 Å². The lowest BCUT2D eigenvalue weighted by molar-refractivity contribution is -0.134. The second kappa shape index (κ2) is 9.29. The molecule has 4 amide bonds. The smallest absolute Gasteiger partial charge is 0.280 e. The van der Waals surface area contributed by atoms with Crippen LogP contribution in [0.15, 0.2) is 39.1 Å². The summed E-state index contributed by atoms with van der Waals surface area (Å²) in [5, 5.41) is 9.55. The van der Waals surface area contributed by atoms with E-state index in [0.717, 1.165) is 27.5 Å². The van der Waals surface area contributed by atoms with E-state index in [1.165, 1.54) is 18.3 Å². The number of nitrogens with one attached hydrogen (secondary N) is 3. The first kappa shape index (κ1) is 21.1. The predicted octanol–water partition coefficient (Wildman–Crippen LogP) is 1.76. The summed E-state index contributed by atoms with van der Waals surface area (Å²) in [5.74, 6) is -2.44. The minimum absolute atomic E-state index is 0.00597. The Hall–Kier alpha value is -2.57. The number of hydrogen-bond donors (Lipinski definition) is 3. The van der Waals surface area contributed by atoms with Gasteiger partial charge in [-0.3, -0.25) is 19.2 Å². The van der Waals surface area contributed by atoms with Crippen molar-refractivity contribution >= 4 is 73.0 Å². The number of anilines is 1. The highest BCUT2D eigenvalue weighted by Gasteiger charge is 2.32. The van der Waals surface area contributed by atoms with Gasteiger partial charge in [0.05, 0.1) is 11.4 Å². The van der Waals surface area contributed by atoms with Gasteiger partial charge in [0.15, 0.2) is 16.3 Å². The van der Waals surface area contributed by atoms with E-state index in [-0.39, 0.29) is 16.8 Å². The van der Waals surface area contributed by atoms with E-state index in [2.05, 4.69) is 41.9 Å². The van der Waals surface area contributed by atoms with Crippen LogP contribution in [0.4, 0.5) is 5.13 Å². The van der Waals surface area contributed by atoms with E-state index in [9.17, 15) is 19.2 Å². The Bertz CT molecular complexity index is 1010. The molecule has 0 radical (unpaired) electrons. The van der Waals surface area contributed by atoms with Crippen LogP contribution in [0, 0.1) is 0 Å². The first-order valence-corrected chi connectivity index (χ1v) is 10.8. The zero-order valence-electron chi connectivity index (χ0n) is 14.9. The topological polar surface area (TPSA) is 130 Å². The number of halogens is 1. The summed E-state index contributed by atoms with van der Waals surface area (Å²) < 4.78 is 0.960. The Morgan fingerprint density at radius 3 is 2.66 bits per heavy atom. The third kappa shape index (κ3) is 5.71. The summed E-state index contributed by atoms with van der Waals surface area (Å²) >= 11 is 5.56. The van der Waals surface area contributed by atoms with Crippen molar-refractivity contribution in [1.82, 2.24) is 15.6 Å². The molecule has 2 aromatic rings. The Kier molecular flexibility index (Phi) is 6.77. The molecule has 1 aliphatic rings. The molecule has 12 heteroatoms. The summed E-state index contributed by atoms with van der Waals surface area (Å²) in [6.07, 6.45) is 0. The Morgan fingerprint density at radius 1 is 1.28 bits per heavy atom. The third-order valence-corrected chi connectivity index (χ3v) is 5.69. The van der Waals surface area contributed by atoms with E-state index < -0.39 is 23.8 Å². The zero-order chi connectivity index (χ0) is 21.0. The van der Waals surface area contributed by atoms with Crippen LogP contribution in [0.1, 0.15) is 6.92 Å². The molecule has 150 valence electrons. The minimum Gasteiger partial charge on any atom is -0.337 e. The largest absolute Gasteiger partial charge is 0.337 e. The number of rotatable bonds is 5. The number of carbonyl (C=O) groups excluding carboxylic acids is 4. The van der Waals surface area contributed by atoms with Crippen molar-refractivity contribution in [3.8, 4) is 11.3 Å². The van der Waals surface area contributed by atoms with Crippen LogP contribution in [0.2, 0.25) is 0 Å². The van der Waals surface area contributed by atoms with E-state index in [1.54, 1.807) is 0 Å². The molecule has 1 aromatic heterocycles. The molecule has 0 bridgehead atoms. The molecular formula is C17H14BrN5O4S2. The van der Waals surface area contributed by atoms with Crippen molar-refractivity contribution in [3.05, 3.63) is 34.1 Å². The number of benzene rings is 1. The number of aromatic nitrogens is 1. The molecule has 1 unspecified atom stereocenters. The van der Waals surface area contributed by atoms with Crippen molar-refractivity contribution in [2.45, 2.75) is 13.0 Å². The van der Waals surface area contributed by atoms with Crippen LogP contribution < -0.4 is 16.0 Å². The highest BCUT2D eigenvalue weighted by Crippen LogP contribution is 2.26. The lowest BCUT2D eigenvalue weighted by Crippen LogP contribution is -2.54. The van der Waals surface area contributed by atoms with Gasteiger partial charge in [0.2, 0.25) is 11.8 Å². The summed E-state index contributed by atoms with van der Waals surface area (Å²) in [4.78, 5) is 55.0. The maximum absolute atomic E-state index is 12.1. The van der Waals surface area contributed by atoms with Crippen LogP contribution in [-0.4, -0.2) is 45.6 Å². The van der Waals surface area contributed by atoms with Crippen molar-refractivity contribution in [2.75, 3.05) is 11.1 Å². The maximum Gasteiger partial charge on any atom is 0.280 e. The monoisotopic (exact) mass is 495 g/mol. The number of nitrogens with zero attached hydrogens (tertiary/aromatic N) is 2. The summed E-state index contributed by atoms with van der Waals surface area (Å²) in [5.41, 5.74) is 1.66. The van der Waals surface area contributed by atoms with Crippen LogP contribution in [0.3, 0.4) is 0 Å². The maximum atomic E-state index is 12.1. The second-order valence-corrected chi connectivity index (χ2v) is 8.50. The molecular weight excluding hydrogens is 482 g/mol. The van der Waals surface area contributed by atoms with Crippen LogP contribution in [0.25, 0.3) is 11.3 Å². The molecule has 1 aliphatic heterocycles. The van der Waals surface area contributed by atoms with Gasteiger partial charge in [0.1, 0.15) is 0 Å². The highest BCUT2D eigenvalue weighted by molar-refractivity contribution is 9.10. The van der Waals surface area contributed by atoms with Gasteiger partial charge in [0, 0.05) is 22.3 Å². The van der Waals surface area contributed by atoms with E-state index in [1.807, 2.05) is 29.6 Å². The molecule has 1 atom stereocenters. The van der Waals surface area contributed by atoms with Gasteiger partial charge in [0.25, 0.3) is 11.8 Å². The van der Waals surface area contributed by atoms with Gasteiger partial charge < -0.3 is 16.0 Å². The quantitative estimate of drug-likeness (QED) is 0.541. The molecule has 0 spiro atoms. The van der Waals surface area contributed by atoms with Crippen molar-refractivity contribution in [2.24, 2.45) is 4.99 Å². The highest BCUT2D eigenvalue weighted by atomic mass is 79.9. The molecule has 0 saturated heterocycles. The Labute approximate surface area is 181 Å². The SMILES string of the molecule is CC(=O)NC1C(=O)N=C(SCC(=O)Nc2nc(-c3ccc(Br)cc3)cs2)NC1=O. The van der Waals surface area contributed by atoms with Gasteiger partial charge in [-0.05, 0) is 12.1 Å². The van der Waals surface area contributed by atoms with E-state index >= 15 is 0 Å². The van der Waals surface area contributed by atoms with Gasteiger partial charge in [-0.15, -0.1) is 11.3 Å². The number of amidine groups is 1. The molecule has 29 heavy (non-hydrogen) atoms. The zero-order valence-corrected chi connectivity index (χ0v) is 18.1. The standard InChI is InChI=1S/C17H14BrN5O4S2/c1-8(24)19-13-14(26)22-17(23-15(13)27)29-7-12(25)21-16-20-11(6-28-16)9-2-4-10(18)5-3-9/h2-6,13H,7H2,1H3,(H,19,24)(H,20,21,25)(H,22,23,26,27). The van der Waals surface area contributed by atoms with Gasteiger partial charge in [-0.1, -0.05) is 39.8 Å². The first-order valence-electron chi connectivity index (χ1n) is 8.16. The third-order valence-electron chi connectivity index (χ3n) is 3.53. The Morgan fingerprint density at radius 2 is 2.00 bits per heavy atom. The number of aliphatic imine (C=N–C) groups is 1. The lowest BCUT2D eigenvalue weighted by atomic mass is 10.2. The minimum atomic E-state index is -1.35. The molecule has 0 fully saturated rings. The molecule has 3 rings (SSSR count). The molecule has 2 heterocycles. The average Bonchev–Trinajstić information content (AvgIpc) is 3.12.